The highest BCUT2D eigenvalue weighted by molar-refractivity contribution is 5.87. The van der Waals surface area contributed by atoms with Gasteiger partial charge in [-0.1, -0.05) is 0 Å². The molecule has 0 bridgehead atoms. The monoisotopic (exact) mass is 228 g/mol. The molecule has 1 saturated heterocycles. The molecule has 2 N–H and O–H groups in total. The van der Waals surface area contributed by atoms with Crippen LogP contribution in [0.3, 0.4) is 0 Å². The first-order valence-corrected chi connectivity index (χ1v) is 5.73. The second kappa shape index (κ2) is 6.48. The zero-order chi connectivity index (χ0) is 12.0. The summed E-state index contributed by atoms with van der Waals surface area (Å²) in [6, 6.07) is -0.376. The molecule has 5 heteroatoms. The maximum atomic E-state index is 11.6. The molecule has 0 spiro atoms. The van der Waals surface area contributed by atoms with Crippen LogP contribution in [-0.4, -0.2) is 37.6 Å². The van der Waals surface area contributed by atoms with E-state index < -0.39 is 0 Å². The van der Waals surface area contributed by atoms with Gasteiger partial charge < -0.3 is 15.4 Å². The van der Waals surface area contributed by atoms with Crippen molar-refractivity contribution in [2.75, 3.05) is 13.7 Å². The molecule has 92 valence electrons. The fourth-order valence-corrected chi connectivity index (χ4v) is 1.67. The van der Waals surface area contributed by atoms with Gasteiger partial charge in [0.2, 0.25) is 11.8 Å². The molecule has 1 heterocycles. The third-order valence-corrected chi connectivity index (χ3v) is 2.75. The van der Waals surface area contributed by atoms with E-state index >= 15 is 0 Å². The van der Waals surface area contributed by atoms with Crippen LogP contribution in [0, 0.1) is 0 Å². The number of carbonyl (C=O) groups is 2. The number of methoxy groups -OCH3 is 1. The molecule has 0 radical (unpaired) electrons. The number of amides is 2. The zero-order valence-electron chi connectivity index (χ0n) is 9.91. The van der Waals surface area contributed by atoms with Crippen molar-refractivity contribution in [2.24, 2.45) is 0 Å². The average Bonchev–Trinajstić information content (AvgIpc) is 2.44. The van der Waals surface area contributed by atoms with Crippen molar-refractivity contribution in [1.82, 2.24) is 10.6 Å². The van der Waals surface area contributed by atoms with Gasteiger partial charge in [0, 0.05) is 13.7 Å². The van der Waals surface area contributed by atoms with E-state index in [9.17, 15) is 9.59 Å². The first-order valence-electron chi connectivity index (χ1n) is 5.73. The SMILES string of the molecule is COC(C)CC(=O)NC1CCCCNC1=O. The molecule has 16 heavy (non-hydrogen) atoms. The van der Waals surface area contributed by atoms with Crippen LogP contribution in [-0.2, 0) is 14.3 Å². The minimum atomic E-state index is -0.376. The normalized spacial score (nSPS) is 23.1. The van der Waals surface area contributed by atoms with Gasteiger partial charge in [0.25, 0.3) is 0 Å². The molecule has 1 aliphatic heterocycles. The number of hydrogen-bond acceptors (Lipinski definition) is 3. The summed E-state index contributed by atoms with van der Waals surface area (Å²) in [4.78, 5) is 23.1. The lowest BCUT2D eigenvalue weighted by Crippen LogP contribution is -2.46. The number of nitrogens with one attached hydrogen (secondary N) is 2. The van der Waals surface area contributed by atoms with Gasteiger partial charge in [-0.25, -0.2) is 0 Å². The predicted molar refractivity (Wildman–Crippen MR) is 59.9 cm³/mol. The van der Waals surface area contributed by atoms with Gasteiger partial charge in [-0.2, -0.15) is 0 Å². The molecule has 1 rings (SSSR count). The van der Waals surface area contributed by atoms with Crippen LogP contribution in [0.2, 0.25) is 0 Å². The third-order valence-electron chi connectivity index (χ3n) is 2.75. The quantitative estimate of drug-likeness (QED) is 0.722. The molecule has 0 aromatic rings. The molecule has 2 atom stereocenters. The topological polar surface area (TPSA) is 67.4 Å². The lowest BCUT2D eigenvalue weighted by molar-refractivity contribution is -0.130. The molecule has 0 aliphatic carbocycles. The Hall–Kier alpha value is -1.10. The summed E-state index contributed by atoms with van der Waals surface area (Å²) in [6.07, 6.45) is 2.84. The molecular formula is C11H20N2O3. The van der Waals surface area contributed by atoms with Crippen molar-refractivity contribution < 1.29 is 14.3 Å². The van der Waals surface area contributed by atoms with Gasteiger partial charge in [-0.05, 0) is 26.2 Å². The van der Waals surface area contributed by atoms with Gasteiger partial charge in [-0.3, -0.25) is 9.59 Å². The lowest BCUT2D eigenvalue weighted by Gasteiger charge is -2.16. The summed E-state index contributed by atoms with van der Waals surface area (Å²) in [6.45, 7) is 2.53. The van der Waals surface area contributed by atoms with Crippen molar-refractivity contribution in [3.05, 3.63) is 0 Å². The summed E-state index contributed by atoms with van der Waals surface area (Å²) >= 11 is 0. The largest absolute Gasteiger partial charge is 0.381 e. The fraction of sp³-hybridized carbons (Fsp3) is 0.818. The van der Waals surface area contributed by atoms with Crippen LogP contribution in [0.25, 0.3) is 0 Å². The fourth-order valence-electron chi connectivity index (χ4n) is 1.67. The zero-order valence-corrected chi connectivity index (χ0v) is 9.91. The molecule has 2 unspecified atom stereocenters. The number of carbonyl (C=O) groups excluding carboxylic acids is 2. The molecule has 0 aromatic heterocycles. The van der Waals surface area contributed by atoms with E-state index in [0.717, 1.165) is 19.3 Å². The van der Waals surface area contributed by atoms with E-state index in [1.54, 1.807) is 7.11 Å². The summed E-state index contributed by atoms with van der Waals surface area (Å²) in [5, 5.41) is 5.53. The number of rotatable bonds is 4. The molecule has 5 nitrogen and oxygen atoms in total. The van der Waals surface area contributed by atoms with E-state index in [-0.39, 0.29) is 24.0 Å². The van der Waals surface area contributed by atoms with Crippen molar-refractivity contribution >= 4 is 11.8 Å². The second-order valence-corrected chi connectivity index (χ2v) is 4.16. The van der Waals surface area contributed by atoms with Gasteiger partial charge in [0.05, 0.1) is 12.5 Å². The highest BCUT2D eigenvalue weighted by Crippen LogP contribution is 2.06. The average molecular weight is 228 g/mol. The molecule has 1 aliphatic rings. The molecular weight excluding hydrogens is 208 g/mol. The highest BCUT2D eigenvalue weighted by atomic mass is 16.5. The van der Waals surface area contributed by atoms with Crippen LogP contribution in [0.15, 0.2) is 0 Å². The van der Waals surface area contributed by atoms with E-state index in [1.165, 1.54) is 0 Å². The Labute approximate surface area is 95.9 Å². The Balaban J connectivity index is 2.39. The van der Waals surface area contributed by atoms with Gasteiger partial charge >= 0.3 is 0 Å². The van der Waals surface area contributed by atoms with Crippen LogP contribution >= 0.6 is 0 Å². The first-order chi connectivity index (χ1) is 7.63. The smallest absolute Gasteiger partial charge is 0.242 e. The summed E-state index contributed by atoms with van der Waals surface area (Å²) < 4.78 is 5.00. The standard InChI is InChI=1S/C11H20N2O3/c1-8(16-2)7-10(14)13-9-5-3-4-6-12-11(9)15/h8-9H,3-7H2,1-2H3,(H,12,15)(H,13,14). The van der Waals surface area contributed by atoms with Gasteiger partial charge in [0.1, 0.15) is 6.04 Å². The Morgan fingerprint density at radius 2 is 2.38 bits per heavy atom. The minimum Gasteiger partial charge on any atom is -0.381 e. The Kier molecular flexibility index (Phi) is 5.25. The van der Waals surface area contributed by atoms with Crippen LogP contribution < -0.4 is 10.6 Å². The van der Waals surface area contributed by atoms with Crippen molar-refractivity contribution in [3.63, 3.8) is 0 Å². The Bertz CT molecular complexity index is 256. The Morgan fingerprint density at radius 3 is 3.06 bits per heavy atom. The second-order valence-electron chi connectivity index (χ2n) is 4.16. The van der Waals surface area contributed by atoms with E-state index in [4.69, 9.17) is 4.74 Å². The van der Waals surface area contributed by atoms with Crippen LogP contribution in [0.1, 0.15) is 32.6 Å². The Morgan fingerprint density at radius 1 is 1.62 bits per heavy atom. The summed E-state index contributed by atoms with van der Waals surface area (Å²) in [7, 11) is 1.57. The van der Waals surface area contributed by atoms with E-state index in [0.29, 0.717) is 13.0 Å². The number of hydrogen-bond donors (Lipinski definition) is 2. The molecule has 2 amide bonds. The van der Waals surface area contributed by atoms with Crippen LogP contribution in [0.4, 0.5) is 0 Å². The van der Waals surface area contributed by atoms with E-state index in [2.05, 4.69) is 10.6 Å². The maximum Gasteiger partial charge on any atom is 0.242 e. The maximum absolute atomic E-state index is 11.6. The van der Waals surface area contributed by atoms with E-state index in [1.807, 2.05) is 6.92 Å². The van der Waals surface area contributed by atoms with Gasteiger partial charge in [0.15, 0.2) is 0 Å². The molecule has 1 fully saturated rings. The molecule has 0 aromatic carbocycles. The number of ether oxygens (including phenoxy) is 1. The van der Waals surface area contributed by atoms with Gasteiger partial charge in [-0.15, -0.1) is 0 Å². The molecule has 0 saturated carbocycles. The van der Waals surface area contributed by atoms with Crippen LogP contribution in [0.5, 0.6) is 0 Å². The first kappa shape index (κ1) is 13.0. The third kappa shape index (κ3) is 4.18. The van der Waals surface area contributed by atoms with Crippen molar-refractivity contribution in [2.45, 2.75) is 44.8 Å². The highest BCUT2D eigenvalue weighted by Gasteiger charge is 2.22. The summed E-state index contributed by atoms with van der Waals surface area (Å²) in [5.41, 5.74) is 0. The van der Waals surface area contributed by atoms with Crippen molar-refractivity contribution in [1.29, 1.82) is 0 Å². The lowest BCUT2D eigenvalue weighted by atomic mass is 10.1. The minimum absolute atomic E-state index is 0.0732. The summed E-state index contributed by atoms with van der Waals surface area (Å²) in [5.74, 6) is -0.202. The van der Waals surface area contributed by atoms with Crippen molar-refractivity contribution in [3.8, 4) is 0 Å². The predicted octanol–water partition coefficient (Wildman–Crippen LogP) is 0.196.